The summed E-state index contributed by atoms with van der Waals surface area (Å²) in [5.41, 5.74) is 7.63. The zero-order valence-electron chi connectivity index (χ0n) is 20.4. The number of nitrogens with zero attached hydrogens (tertiary/aromatic N) is 2. The number of piperazine rings is 1. The van der Waals surface area contributed by atoms with Crippen LogP contribution < -0.4 is 5.32 Å². The van der Waals surface area contributed by atoms with Crippen molar-refractivity contribution in [3.8, 4) is 0 Å². The molecule has 2 aromatic rings. The fraction of sp³-hybridized carbons (Fsp3) is 0.556. The van der Waals surface area contributed by atoms with Crippen LogP contribution in [0.3, 0.4) is 0 Å². The zero-order chi connectivity index (χ0) is 23.3. The second-order valence-corrected chi connectivity index (χ2v) is 9.60. The summed E-state index contributed by atoms with van der Waals surface area (Å²) in [5.74, 6) is 0. The molecule has 0 spiro atoms. The lowest BCUT2D eigenvalue weighted by Crippen LogP contribution is -2.46. The summed E-state index contributed by atoms with van der Waals surface area (Å²) < 4.78 is 11.0. The molecule has 2 aliphatic heterocycles. The van der Waals surface area contributed by atoms with E-state index in [2.05, 4.69) is 65.4 Å². The van der Waals surface area contributed by atoms with Gasteiger partial charge in [0.15, 0.2) is 0 Å². The van der Waals surface area contributed by atoms with Gasteiger partial charge in [-0.15, -0.1) is 0 Å². The SMILES string of the molecule is CCOCc1ccc2c(c1)Nc1ccc(CN3CCN(CCOCCO)CC3)cc1C2(C)C. The highest BCUT2D eigenvalue weighted by atomic mass is 16.5. The second-order valence-electron chi connectivity index (χ2n) is 9.60. The third-order valence-corrected chi connectivity index (χ3v) is 6.92. The van der Waals surface area contributed by atoms with Crippen molar-refractivity contribution in [3.63, 3.8) is 0 Å². The zero-order valence-corrected chi connectivity index (χ0v) is 20.4. The Hall–Kier alpha value is -1.96. The Morgan fingerprint density at radius 3 is 2.39 bits per heavy atom. The number of rotatable bonds is 10. The van der Waals surface area contributed by atoms with Gasteiger partial charge in [-0.3, -0.25) is 9.80 Å². The Balaban J connectivity index is 1.39. The molecule has 1 saturated heterocycles. The van der Waals surface area contributed by atoms with E-state index >= 15 is 0 Å². The van der Waals surface area contributed by atoms with Gasteiger partial charge in [0.25, 0.3) is 0 Å². The maximum absolute atomic E-state index is 8.82. The van der Waals surface area contributed by atoms with Gasteiger partial charge in [-0.2, -0.15) is 0 Å². The Morgan fingerprint density at radius 2 is 1.64 bits per heavy atom. The molecule has 0 aromatic heterocycles. The van der Waals surface area contributed by atoms with Crippen molar-refractivity contribution < 1.29 is 14.6 Å². The first-order chi connectivity index (χ1) is 16.0. The quantitative estimate of drug-likeness (QED) is 0.535. The van der Waals surface area contributed by atoms with Crippen LogP contribution in [0.2, 0.25) is 0 Å². The van der Waals surface area contributed by atoms with Crippen LogP contribution in [0, 0.1) is 0 Å². The van der Waals surface area contributed by atoms with Crippen LogP contribution in [0.1, 0.15) is 43.0 Å². The van der Waals surface area contributed by atoms with Gasteiger partial charge in [0.1, 0.15) is 0 Å². The maximum Gasteiger partial charge on any atom is 0.0717 e. The average Bonchev–Trinajstić information content (AvgIpc) is 2.82. The lowest BCUT2D eigenvalue weighted by atomic mass is 9.73. The Morgan fingerprint density at radius 1 is 0.879 bits per heavy atom. The van der Waals surface area contributed by atoms with Gasteiger partial charge >= 0.3 is 0 Å². The molecule has 0 bridgehead atoms. The van der Waals surface area contributed by atoms with E-state index in [0.29, 0.717) is 19.8 Å². The fourth-order valence-electron chi connectivity index (χ4n) is 4.95. The maximum atomic E-state index is 8.82. The molecule has 6 heteroatoms. The minimum absolute atomic E-state index is 0.0522. The van der Waals surface area contributed by atoms with Gasteiger partial charge in [-0.1, -0.05) is 38.1 Å². The van der Waals surface area contributed by atoms with E-state index in [1.807, 2.05) is 6.92 Å². The smallest absolute Gasteiger partial charge is 0.0717 e. The molecule has 0 atom stereocenters. The van der Waals surface area contributed by atoms with Crippen LogP contribution in [-0.4, -0.2) is 74.1 Å². The summed E-state index contributed by atoms with van der Waals surface area (Å²) in [6.45, 7) is 15.5. The summed E-state index contributed by atoms with van der Waals surface area (Å²) in [4.78, 5) is 4.99. The summed E-state index contributed by atoms with van der Waals surface area (Å²) in [5, 5.41) is 12.5. The topological polar surface area (TPSA) is 57.2 Å². The van der Waals surface area contributed by atoms with Crippen molar-refractivity contribution >= 4 is 11.4 Å². The number of aliphatic hydroxyl groups is 1. The molecule has 6 nitrogen and oxygen atoms in total. The predicted octanol–water partition coefficient (Wildman–Crippen LogP) is 3.73. The lowest BCUT2D eigenvalue weighted by molar-refractivity contribution is 0.0564. The summed E-state index contributed by atoms with van der Waals surface area (Å²) >= 11 is 0. The number of fused-ring (bicyclic) bond motifs is 2. The number of benzene rings is 2. The number of hydrogen-bond donors (Lipinski definition) is 2. The van der Waals surface area contributed by atoms with E-state index in [1.54, 1.807) is 0 Å². The normalized spacial score (nSPS) is 17.9. The molecular weight excluding hydrogens is 414 g/mol. The third kappa shape index (κ3) is 5.76. The molecule has 4 rings (SSSR count). The summed E-state index contributed by atoms with van der Waals surface area (Å²) in [6.07, 6.45) is 0. The summed E-state index contributed by atoms with van der Waals surface area (Å²) in [7, 11) is 0. The van der Waals surface area contributed by atoms with Gasteiger partial charge in [0.2, 0.25) is 0 Å². The highest BCUT2D eigenvalue weighted by molar-refractivity contribution is 5.76. The monoisotopic (exact) mass is 453 g/mol. The van der Waals surface area contributed by atoms with Crippen LogP contribution in [-0.2, 0) is 28.0 Å². The van der Waals surface area contributed by atoms with Crippen molar-refractivity contribution in [2.24, 2.45) is 0 Å². The van der Waals surface area contributed by atoms with Gasteiger partial charge in [0, 0.05) is 62.7 Å². The second kappa shape index (κ2) is 11.0. The van der Waals surface area contributed by atoms with Crippen molar-refractivity contribution in [2.75, 3.05) is 64.5 Å². The van der Waals surface area contributed by atoms with Crippen LogP contribution in [0.4, 0.5) is 11.4 Å². The first-order valence-corrected chi connectivity index (χ1v) is 12.3. The van der Waals surface area contributed by atoms with Crippen LogP contribution in [0.25, 0.3) is 0 Å². The number of aliphatic hydroxyl groups excluding tert-OH is 1. The highest BCUT2D eigenvalue weighted by Gasteiger charge is 2.33. The molecule has 2 aromatic carbocycles. The minimum Gasteiger partial charge on any atom is -0.394 e. The molecule has 0 amide bonds. The molecule has 2 aliphatic rings. The number of nitrogens with one attached hydrogen (secondary N) is 1. The highest BCUT2D eigenvalue weighted by Crippen LogP contribution is 2.45. The molecular formula is C27H39N3O3. The van der Waals surface area contributed by atoms with Crippen LogP contribution in [0.5, 0.6) is 0 Å². The van der Waals surface area contributed by atoms with Crippen LogP contribution in [0.15, 0.2) is 36.4 Å². The number of hydrogen-bond acceptors (Lipinski definition) is 6. The summed E-state index contributed by atoms with van der Waals surface area (Å²) in [6, 6.07) is 13.6. The van der Waals surface area contributed by atoms with E-state index in [0.717, 1.165) is 45.9 Å². The van der Waals surface area contributed by atoms with Crippen molar-refractivity contribution in [2.45, 2.75) is 39.3 Å². The predicted molar refractivity (Wildman–Crippen MR) is 133 cm³/mol. The van der Waals surface area contributed by atoms with Crippen molar-refractivity contribution in [3.05, 3.63) is 58.7 Å². The van der Waals surface area contributed by atoms with Crippen molar-refractivity contribution in [1.82, 2.24) is 9.80 Å². The van der Waals surface area contributed by atoms with Gasteiger partial charge in [0.05, 0.1) is 26.4 Å². The van der Waals surface area contributed by atoms with E-state index in [9.17, 15) is 0 Å². The lowest BCUT2D eigenvalue weighted by Gasteiger charge is -2.37. The standard InChI is InChI=1S/C27H39N3O3/c1-4-32-20-22-5-7-23-26(18-22)28-25-8-6-21(17-24(25)27(23,2)3)19-30-11-9-29(10-12-30)13-15-33-16-14-31/h5-8,17-18,28,31H,4,9-16,19-20H2,1-3H3. The van der Waals surface area contributed by atoms with Gasteiger partial charge in [-0.05, 0) is 41.3 Å². The van der Waals surface area contributed by atoms with E-state index < -0.39 is 0 Å². The molecule has 0 unspecified atom stereocenters. The Labute approximate surface area is 198 Å². The van der Waals surface area contributed by atoms with E-state index in [4.69, 9.17) is 14.6 Å². The molecule has 0 aliphatic carbocycles. The molecule has 2 N–H and O–H groups in total. The molecule has 33 heavy (non-hydrogen) atoms. The third-order valence-electron chi connectivity index (χ3n) is 6.92. The largest absolute Gasteiger partial charge is 0.394 e. The Bertz CT molecular complexity index is 923. The van der Waals surface area contributed by atoms with Crippen LogP contribution >= 0.6 is 0 Å². The van der Waals surface area contributed by atoms with E-state index in [-0.39, 0.29) is 12.0 Å². The van der Waals surface area contributed by atoms with Crippen molar-refractivity contribution in [1.29, 1.82) is 0 Å². The molecule has 180 valence electrons. The minimum atomic E-state index is -0.0522. The number of ether oxygens (including phenoxy) is 2. The molecule has 0 radical (unpaired) electrons. The average molecular weight is 454 g/mol. The van der Waals surface area contributed by atoms with Gasteiger partial charge < -0.3 is 19.9 Å². The molecule has 1 fully saturated rings. The first kappa shape index (κ1) is 24.2. The molecule has 2 heterocycles. The van der Waals surface area contributed by atoms with E-state index in [1.165, 1.54) is 33.6 Å². The Kier molecular flexibility index (Phi) is 8.04. The fourth-order valence-corrected chi connectivity index (χ4v) is 4.95. The van der Waals surface area contributed by atoms with Gasteiger partial charge in [-0.25, -0.2) is 0 Å². The molecule has 0 saturated carbocycles. The first-order valence-electron chi connectivity index (χ1n) is 12.3. The number of anilines is 2.